The molecule has 5 nitrogen and oxygen atoms in total. The summed E-state index contributed by atoms with van der Waals surface area (Å²) in [6.07, 6.45) is 5.15. The summed E-state index contributed by atoms with van der Waals surface area (Å²) >= 11 is 0. The van der Waals surface area contributed by atoms with Crippen molar-refractivity contribution in [3.63, 3.8) is 0 Å². The van der Waals surface area contributed by atoms with Gasteiger partial charge in [0.15, 0.2) is 0 Å². The molecule has 0 bridgehead atoms. The number of rotatable bonds is 5. The highest BCUT2D eigenvalue weighted by Crippen LogP contribution is 2.00. The lowest BCUT2D eigenvalue weighted by molar-refractivity contribution is 0.0949. The molecule has 2 rings (SSSR count). The molecule has 0 spiro atoms. The topological polar surface area (TPSA) is 70.7 Å². The van der Waals surface area contributed by atoms with Crippen molar-refractivity contribution in [2.24, 2.45) is 0 Å². The van der Waals surface area contributed by atoms with E-state index in [1.165, 1.54) is 0 Å². The molecule has 2 N–H and O–H groups in total. The van der Waals surface area contributed by atoms with Crippen LogP contribution < -0.4 is 5.32 Å². The number of hydrogen-bond acceptors (Lipinski definition) is 3. The molecule has 0 saturated heterocycles. The van der Waals surface area contributed by atoms with E-state index in [2.05, 4.69) is 20.5 Å². The van der Waals surface area contributed by atoms with Gasteiger partial charge >= 0.3 is 0 Å². The molecule has 0 aromatic carbocycles. The summed E-state index contributed by atoms with van der Waals surface area (Å²) in [5.74, 6) is -0.144. The van der Waals surface area contributed by atoms with Crippen molar-refractivity contribution in [1.82, 2.24) is 20.5 Å². The van der Waals surface area contributed by atoms with Crippen molar-refractivity contribution >= 4 is 5.91 Å². The van der Waals surface area contributed by atoms with Gasteiger partial charge in [-0.3, -0.25) is 14.9 Å². The van der Waals surface area contributed by atoms with Crippen LogP contribution in [0.2, 0.25) is 0 Å². The summed E-state index contributed by atoms with van der Waals surface area (Å²) in [6, 6.07) is 5.65. The van der Waals surface area contributed by atoms with Gasteiger partial charge in [-0.15, -0.1) is 0 Å². The molecule has 2 aromatic heterocycles. The standard InChI is InChI=1S/C13H16N4O/c1-2-11-8-12(17-16-11)13(18)15-7-5-10-4-3-6-14-9-10/h3-4,6,8-9H,2,5,7H2,1H3,(H,15,18)(H,16,17). The molecule has 0 aliphatic heterocycles. The fraction of sp³-hybridized carbons (Fsp3) is 0.308. The average molecular weight is 244 g/mol. The first-order valence-corrected chi connectivity index (χ1v) is 6.01. The second-order valence-electron chi connectivity index (χ2n) is 4.00. The third-order valence-corrected chi connectivity index (χ3v) is 2.67. The number of carbonyl (C=O) groups excluding carboxylic acids is 1. The largest absolute Gasteiger partial charge is 0.350 e. The van der Waals surface area contributed by atoms with Crippen LogP contribution in [0.5, 0.6) is 0 Å². The molecule has 5 heteroatoms. The zero-order valence-electron chi connectivity index (χ0n) is 10.3. The van der Waals surface area contributed by atoms with Gasteiger partial charge in [0, 0.05) is 24.6 Å². The first kappa shape index (κ1) is 12.3. The Labute approximate surface area is 106 Å². The number of hydrogen-bond donors (Lipinski definition) is 2. The van der Waals surface area contributed by atoms with E-state index in [0.717, 1.165) is 24.1 Å². The lowest BCUT2D eigenvalue weighted by Crippen LogP contribution is -2.26. The quantitative estimate of drug-likeness (QED) is 0.833. The van der Waals surface area contributed by atoms with Crippen molar-refractivity contribution in [3.05, 3.63) is 47.5 Å². The van der Waals surface area contributed by atoms with E-state index in [4.69, 9.17) is 0 Å². The Morgan fingerprint density at radius 1 is 1.50 bits per heavy atom. The summed E-state index contributed by atoms with van der Waals surface area (Å²) in [6.45, 7) is 2.59. The Kier molecular flexibility index (Phi) is 4.06. The first-order valence-electron chi connectivity index (χ1n) is 6.01. The number of aryl methyl sites for hydroxylation is 1. The fourth-order valence-corrected chi connectivity index (χ4v) is 1.62. The number of aromatic nitrogens is 3. The van der Waals surface area contributed by atoms with E-state index in [-0.39, 0.29) is 5.91 Å². The molecule has 0 atom stereocenters. The smallest absolute Gasteiger partial charge is 0.271 e. The van der Waals surface area contributed by atoms with Crippen LogP contribution >= 0.6 is 0 Å². The van der Waals surface area contributed by atoms with Gasteiger partial charge in [0.05, 0.1) is 0 Å². The Hall–Kier alpha value is -2.17. The zero-order chi connectivity index (χ0) is 12.8. The normalized spacial score (nSPS) is 10.3. The number of nitrogens with one attached hydrogen (secondary N) is 2. The predicted molar refractivity (Wildman–Crippen MR) is 68.2 cm³/mol. The molecule has 0 saturated carbocycles. The molecule has 0 fully saturated rings. The van der Waals surface area contributed by atoms with Crippen LogP contribution in [0.3, 0.4) is 0 Å². The lowest BCUT2D eigenvalue weighted by atomic mass is 10.2. The predicted octanol–water partition coefficient (Wildman–Crippen LogP) is 1.34. The molecule has 2 heterocycles. The molecule has 94 valence electrons. The van der Waals surface area contributed by atoms with Crippen molar-refractivity contribution in [1.29, 1.82) is 0 Å². The minimum Gasteiger partial charge on any atom is -0.350 e. The van der Waals surface area contributed by atoms with Gasteiger partial charge in [0.25, 0.3) is 5.91 Å². The molecular weight excluding hydrogens is 228 g/mol. The Balaban J connectivity index is 1.81. The van der Waals surface area contributed by atoms with Gasteiger partial charge < -0.3 is 5.32 Å². The molecular formula is C13H16N4O. The molecule has 18 heavy (non-hydrogen) atoms. The number of aromatic amines is 1. The number of pyridine rings is 1. The van der Waals surface area contributed by atoms with Crippen molar-refractivity contribution < 1.29 is 4.79 Å². The molecule has 0 aliphatic carbocycles. The lowest BCUT2D eigenvalue weighted by Gasteiger charge is -2.02. The van der Waals surface area contributed by atoms with Crippen LogP contribution in [0, 0.1) is 0 Å². The highest BCUT2D eigenvalue weighted by Gasteiger charge is 2.08. The van der Waals surface area contributed by atoms with Crippen LogP contribution in [-0.2, 0) is 12.8 Å². The van der Waals surface area contributed by atoms with Gasteiger partial charge in [-0.05, 0) is 30.5 Å². The number of carbonyl (C=O) groups is 1. The average Bonchev–Trinajstić information content (AvgIpc) is 2.89. The van der Waals surface area contributed by atoms with Crippen LogP contribution in [-0.4, -0.2) is 27.6 Å². The summed E-state index contributed by atoms with van der Waals surface area (Å²) in [5.41, 5.74) is 2.51. The van der Waals surface area contributed by atoms with Crippen molar-refractivity contribution in [2.75, 3.05) is 6.54 Å². The fourth-order valence-electron chi connectivity index (χ4n) is 1.62. The van der Waals surface area contributed by atoms with E-state index >= 15 is 0 Å². The van der Waals surface area contributed by atoms with E-state index < -0.39 is 0 Å². The highest BCUT2D eigenvalue weighted by atomic mass is 16.1. The summed E-state index contributed by atoms with van der Waals surface area (Å²) in [5, 5.41) is 9.62. The van der Waals surface area contributed by atoms with Gasteiger partial charge in [-0.2, -0.15) is 5.10 Å². The van der Waals surface area contributed by atoms with Crippen LogP contribution in [0.1, 0.15) is 28.7 Å². The summed E-state index contributed by atoms with van der Waals surface area (Å²) in [4.78, 5) is 15.8. The van der Waals surface area contributed by atoms with Gasteiger partial charge in [-0.25, -0.2) is 0 Å². The maximum Gasteiger partial charge on any atom is 0.271 e. The third-order valence-electron chi connectivity index (χ3n) is 2.67. The highest BCUT2D eigenvalue weighted by molar-refractivity contribution is 5.92. The molecule has 0 aliphatic rings. The monoisotopic (exact) mass is 244 g/mol. The zero-order valence-corrected chi connectivity index (χ0v) is 10.3. The van der Waals surface area contributed by atoms with Gasteiger partial charge in [0.1, 0.15) is 5.69 Å². The second-order valence-corrected chi connectivity index (χ2v) is 4.00. The molecule has 0 unspecified atom stereocenters. The maximum atomic E-state index is 11.8. The molecule has 0 radical (unpaired) electrons. The summed E-state index contributed by atoms with van der Waals surface area (Å²) in [7, 11) is 0. The first-order chi connectivity index (χ1) is 8.79. The van der Waals surface area contributed by atoms with Crippen LogP contribution in [0.15, 0.2) is 30.6 Å². The van der Waals surface area contributed by atoms with Gasteiger partial charge in [-0.1, -0.05) is 13.0 Å². The number of nitrogens with zero attached hydrogens (tertiary/aromatic N) is 2. The van der Waals surface area contributed by atoms with E-state index in [1.54, 1.807) is 18.5 Å². The van der Waals surface area contributed by atoms with Crippen LogP contribution in [0.4, 0.5) is 0 Å². The Morgan fingerprint density at radius 2 is 2.39 bits per heavy atom. The van der Waals surface area contributed by atoms with E-state index in [1.807, 2.05) is 19.1 Å². The number of H-pyrrole nitrogens is 1. The van der Waals surface area contributed by atoms with E-state index in [9.17, 15) is 4.79 Å². The SMILES string of the molecule is CCc1cc(C(=O)NCCc2cccnc2)n[nH]1. The second kappa shape index (κ2) is 5.95. The molecule has 2 aromatic rings. The van der Waals surface area contributed by atoms with Gasteiger partial charge in [0.2, 0.25) is 0 Å². The van der Waals surface area contributed by atoms with Crippen LogP contribution in [0.25, 0.3) is 0 Å². The van der Waals surface area contributed by atoms with Crippen molar-refractivity contribution in [2.45, 2.75) is 19.8 Å². The minimum absolute atomic E-state index is 0.144. The summed E-state index contributed by atoms with van der Waals surface area (Å²) < 4.78 is 0. The van der Waals surface area contributed by atoms with E-state index in [0.29, 0.717) is 12.2 Å². The Bertz CT molecular complexity index is 507. The third kappa shape index (κ3) is 3.16. The Morgan fingerprint density at radius 3 is 3.06 bits per heavy atom. The molecule has 1 amide bonds. The number of amides is 1. The van der Waals surface area contributed by atoms with Crippen molar-refractivity contribution in [3.8, 4) is 0 Å². The maximum absolute atomic E-state index is 11.8. The minimum atomic E-state index is -0.144.